The van der Waals surface area contributed by atoms with Crippen LogP contribution in [0.25, 0.3) is 11.3 Å². The first kappa shape index (κ1) is 12.0. The Morgan fingerprint density at radius 1 is 1.28 bits per heavy atom. The highest BCUT2D eigenvalue weighted by molar-refractivity contribution is 5.72. The molecule has 0 aliphatic rings. The molecule has 0 amide bonds. The highest BCUT2D eigenvalue weighted by atomic mass is 16.5. The molecule has 0 aliphatic heterocycles. The van der Waals surface area contributed by atoms with Gasteiger partial charge in [0.05, 0.1) is 19.2 Å². The van der Waals surface area contributed by atoms with Crippen LogP contribution in [0, 0.1) is 0 Å². The summed E-state index contributed by atoms with van der Waals surface area (Å²) < 4.78 is 4.61. The van der Waals surface area contributed by atoms with E-state index in [1.54, 1.807) is 12.3 Å². The summed E-state index contributed by atoms with van der Waals surface area (Å²) in [5, 5.41) is 0. The molecule has 0 saturated carbocycles. The molecular formula is C13H13N3O2. The van der Waals surface area contributed by atoms with Crippen molar-refractivity contribution in [3.8, 4) is 11.3 Å². The van der Waals surface area contributed by atoms with Gasteiger partial charge in [-0.05, 0) is 11.6 Å². The molecule has 0 spiro atoms. The zero-order valence-electron chi connectivity index (χ0n) is 9.96. The highest BCUT2D eigenvalue weighted by Crippen LogP contribution is 2.17. The van der Waals surface area contributed by atoms with E-state index in [0.717, 1.165) is 16.8 Å². The van der Waals surface area contributed by atoms with Gasteiger partial charge in [0.2, 0.25) is 5.95 Å². The highest BCUT2D eigenvalue weighted by Gasteiger charge is 2.04. The second-order valence-corrected chi connectivity index (χ2v) is 3.75. The van der Waals surface area contributed by atoms with Gasteiger partial charge < -0.3 is 10.5 Å². The van der Waals surface area contributed by atoms with Crippen molar-refractivity contribution >= 4 is 11.9 Å². The molecule has 0 aliphatic carbocycles. The fourth-order valence-corrected chi connectivity index (χ4v) is 1.57. The number of esters is 1. The van der Waals surface area contributed by atoms with Crippen molar-refractivity contribution in [1.82, 2.24) is 9.97 Å². The van der Waals surface area contributed by atoms with Crippen LogP contribution in [0.2, 0.25) is 0 Å². The first-order chi connectivity index (χ1) is 8.69. The number of hydrogen-bond acceptors (Lipinski definition) is 5. The van der Waals surface area contributed by atoms with Crippen molar-refractivity contribution in [2.24, 2.45) is 0 Å². The van der Waals surface area contributed by atoms with E-state index < -0.39 is 0 Å². The number of nitrogens with zero attached hydrogens (tertiary/aromatic N) is 2. The Hall–Kier alpha value is -2.43. The Kier molecular flexibility index (Phi) is 3.52. The topological polar surface area (TPSA) is 78.1 Å². The largest absolute Gasteiger partial charge is 0.469 e. The number of rotatable bonds is 3. The van der Waals surface area contributed by atoms with Gasteiger partial charge in [0.15, 0.2) is 0 Å². The summed E-state index contributed by atoms with van der Waals surface area (Å²) in [7, 11) is 1.38. The average Bonchev–Trinajstić information content (AvgIpc) is 2.39. The van der Waals surface area contributed by atoms with E-state index in [2.05, 4.69) is 14.7 Å². The SMILES string of the molecule is COC(=O)Cc1ccc(-c2ccnc(N)n2)cc1. The van der Waals surface area contributed by atoms with Crippen LogP contribution in [-0.4, -0.2) is 23.0 Å². The van der Waals surface area contributed by atoms with Crippen LogP contribution < -0.4 is 5.73 Å². The van der Waals surface area contributed by atoms with Crippen LogP contribution in [0.3, 0.4) is 0 Å². The van der Waals surface area contributed by atoms with Gasteiger partial charge in [-0.25, -0.2) is 9.97 Å². The molecule has 18 heavy (non-hydrogen) atoms. The molecule has 0 unspecified atom stereocenters. The normalized spacial score (nSPS) is 10.1. The fourth-order valence-electron chi connectivity index (χ4n) is 1.57. The Morgan fingerprint density at radius 3 is 2.61 bits per heavy atom. The number of nitrogens with two attached hydrogens (primary N) is 1. The molecule has 2 N–H and O–H groups in total. The van der Waals surface area contributed by atoms with Crippen molar-refractivity contribution in [1.29, 1.82) is 0 Å². The summed E-state index contributed by atoms with van der Waals surface area (Å²) in [6, 6.07) is 9.29. The van der Waals surface area contributed by atoms with Crippen molar-refractivity contribution in [2.75, 3.05) is 12.8 Å². The second kappa shape index (κ2) is 5.27. The number of nitrogen functional groups attached to an aromatic ring is 1. The molecule has 0 atom stereocenters. The number of carbonyl (C=O) groups is 1. The Bertz CT molecular complexity index is 552. The molecule has 92 valence electrons. The lowest BCUT2D eigenvalue weighted by Crippen LogP contribution is -2.04. The predicted molar refractivity (Wildman–Crippen MR) is 67.6 cm³/mol. The Labute approximate surface area is 105 Å². The lowest BCUT2D eigenvalue weighted by molar-refractivity contribution is -0.139. The van der Waals surface area contributed by atoms with Crippen LogP contribution in [0.1, 0.15) is 5.56 Å². The van der Waals surface area contributed by atoms with E-state index in [-0.39, 0.29) is 18.3 Å². The van der Waals surface area contributed by atoms with E-state index in [1.165, 1.54) is 7.11 Å². The lowest BCUT2D eigenvalue weighted by atomic mass is 10.1. The van der Waals surface area contributed by atoms with Crippen LogP contribution in [-0.2, 0) is 16.0 Å². The molecule has 0 radical (unpaired) electrons. The summed E-state index contributed by atoms with van der Waals surface area (Å²) in [5.74, 6) is -0.0137. The van der Waals surface area contributed by atoms with Crippen LogP contribution in [0.15, 0.2) is 36.5 Å². The Balaban J connectivity index is 2.19. The van der Waals surface area contributed by atoms with Gasteiger partial charge in [-0.1, -0.05) is 24.3 Å². The third-order valence-electron chi connectivity index (χ3n) is 2.50. The van der Waals surface area contributed by atoms with Gasteiger partial charge in [0, 0.05) is 11.8 Å². The van der Waals surface area contributed by atoms with Crippen LogP contribution >= 0.6 is 0 Å². The molecule has 2 aromatic rings. The summed E-state index contributed by atoms with van der Waals surface area (Å²) in [4.78, 5) is 19.1. The third-order valence-corrected chi connectivity index (χ3v) is 2.50. The minimum atomic E-state index is -0.256. The maximum Gasteiger partial charge on any atom is 0.309 e. The molecule has 1 heterocycles. The standard InChI is InChI=1S/C13H13N3O2/c1-18-12(17)8-9-2-4-10(5-3-9)11-6-7-15-13(14)16-11/h2-7H,8H2,1H3,(H2,14,15,16). The van der Waals surface area contributed by atoms with Gasteiger partial charge in [0.25, 0.3) is 0 Å². The van der Waals surface area contributed by atoms with Gasteiger partial charge in [0.1, 0.15) is 0 Å². The number of benzene rings is 1. The van der Waals surface area contributed by atoms with Crippen molar-refractivity contribution in [3.05, 3.63) is 42.1 Å². The van der Waals surface area contributed by atoms with E-state index >= 15 is 0 Å². The molecule has 0 saturated heterocycles. The molecule has 0 bridgehead atoms. The number of hydrogen-bond donors (Lipinski definition) is 1. The zero-order valence-corrected chi connectivity index (χ0v) is 9.96. The second-order valence-electron chi connectivity index (χ2n) is 3.75. The molecule has 1 aromatic heterocycles. The molecule has 2 rings (SSSR count). The first-order valence-corrected chi connectivity index (χ1v) is 5.43. The van der Waals surface area contributed by atoms with Crippen molar-refractivity contribution in [3.63, 3.8) is 0 Å². The maximum absolute atomic E-state index is 11.1. The number of methoxy groups -OCH3 is 1. The number of ether oxygens (including phenoxy) is 1. The van der Waals surface area contributed by atoms with Gasteiger partial charge in [-0.2, -0.15) is 0 Å². The lowest BCUT2D eigenvalue weighted by Gasteiger charge is -2.03. The van der Waals surface area contributed by atoms with E-state index in [0.29, 0.717) is 0 Å². The molecule has 5 heteroatoms. The maximum atomic E-state index is 11.1. The molecule has 5 nitrogen and oxygen atoms in total. The fraction of sp³-hybridized carbons (Fsp3) is 0.154. The molecule has 0 fully saturated rings. The van der Waals surface area contributed by atoms with E-state index in [1.807, 2.05) is 24.3 Å². The van der Waals surface area contributed by atoms with Gasteiger partial charge in [-0.15, -0.1) is 0 Å². The summed E-state index contributed by atoms with van der Waals surface area (Å²) >= 11 is 0. The van der Waals surface area contributed by atoms with Crippen LogP contribution in [0.5, 0.6) is 0 Å². The smallest absolute Gasteiger partial charge is 0.309 e. The summed E-state index contributed by atoms with van der Waals surface area (Å²) in [6.07, 6.45) is 1.88. The minimum Gasteiger partial charge on any atom is -0.469 e. The van der Waals surface area contributed by atoms with E-state index in [4.69, 9.17) is 5.73 Å². The number of aromatic nitrogens is 2. The summed E-state index contributed by atoms with van der Waals surface area (Å²) in [6.45, 7) is 0. The number of anilines is 1. The van der Waals surface area contributed by atoms with Gasteiger partial charge in [-0.3, -0.25) is 4.79 Å². The number of carbonyl (C=O) groups excluding carboxylic acids is 1. The third kappa shape index (κ3) is 2.82. The first-order valence-electron chi connectivity index (χ1n) is 5.43. The van der Waals surface area contributed by atoms with Crippen LogP contribution in [0.4, 0.5) is 5.95 Å². The molecular weight excluding hydrogens is 230 g/mol. The van der Waals surface area contributed by atoms with Gasteiger partial charge >= 0.3 is 5.97 Å². The zero-order chi connectivity index (χ0) is 13.0. The predicted octanol–water partition coefficient (Wildman–Crippen LogP) is 1.44. The van der Waals surface area contributed by atoms with Crippen molar-refractivity contribution < 1.29 is 9.53 Å². The van der Waals surface area contributed by atoms with Crippen molar-refractivity contribution in [2.45, 2.75) is 6.42 Å². The quantitative estimate of drug-likeness (QED) is 0.825. The monoisotopic (exact) mass is 243 g/mol. The summed E-state index contributed by atoms with van der Waals surface area (Å²) in [5.41, 5.74) is 8.11. The van der Waals surface area contributed by atoms with E-state index in [9.17, 15) is 4.79 Å². The molecule has 1 aromatic carbocycles. The minimum absolute atomic E-state index is 0.242. The Morgan fingerprint density at radius 2 is 2.00 bits per heavy atom. The average molecular weight is 243 g/mol.